The van der Waals surface area contributed by atoms with Gasteiger partial charge in [0.25, 0.3) is 5.91 Å². The van der Waals surface area contributed by atoms with E-state index in [2.05, 4.69) is 14.5 Å². The maximum atomic E-state index is 12.4. The standard InChI is InChI=1S/C19H20N4O2/c1-14-21-17-8-5-10-20-19(17)23(14)15-9-11-22(12-15)18(24)13-25-16-6-3-2-4-7-16/h2-8,10,15H,9,11-13H2,1H3. The van der Waals surface area contributed by atoms with Crippen LogP contribution in [0.25, 0.3) is 11.2 Å². The van der Waals surface area contributed by atoms with Crippen molar-refractivity contribution in [2.24, 2.45) is 0 Å². The van der Waals surface area contributed by atoms with Crippen LogP contribution in [0.3, 0.4) is 0 Å². The summed E-state index contributed by atoms with van der Waals surface area (Å²) >= 11 is 0. The zero-order valence-corrected chi connectivity index (χ0v) is 14.1. The van der Waals surface area contributed by atoms with E-state index in [1.165, 1.54) is 0 Å². The first kappa shape index (κ1) is 15.6. The van der Waals surface area contributed by atoms with Crippen molar-refractivity contribution in [3.8, 4) is 5.75 Å². The maximum absolute atomic E-state index is 12.4. The summed E-state index contributed by atoms with van der Waals surface area (Å²) in [7, 11) is 0. The van der Waals surface area contributed by atoms with E-state index in [0.717, 1.165) is 30.0 Å². The van der Waals surface area contributed by atoms with Crippen LogP contribution in [0.5, 0.6) is 5.75 Å². The van der Waals surface area contributed by atoms with Crippen LogP contribution in [0.2, 0.25) is 0 Å². The largest absolute Gasteiger partial charge is 0.484 e. The third-order valence-corrected chi connectivity index (χ3v) is 4.61. The Morgan fingerprint density at radius 2 is 2.08 bits per heavy atom. The molecule has 1 saturated heterocycles. The molecule has 0 bridgehead atoms. The van der Waals surface area contributed by atoms with Crippen molar-refractivity contribution >= 4 is 17.1 Å². The Hall–Kier alpha value is -2.89. The molecule has 4 rings (SSSR count). The first-order valence-corrected chi connectivity index (χ1v) is 8.47. The highest BCUT2D eigenvalue weighted by molar-refractivity contribution is 5.78. The highest BCUT2D eigenvalue weighted by Crippen LogP contribution is 2.27. The van der Waals surface area contributed by atoms with Crippen molar-refractivity contribution in [2.45, 2.75) is 19.4 Å². The van der Waals surface area contributed by atoms with Crippen LogP contribution in [0.4, 0.5) is 0 Å². The van der Waals surface area contributed by atoms with Gasteiger partial charge in [0.15, 0.2) is 12.3 Å². The van der Waals surface area contributed by atoms with Gasteiger partial charge in [-0.15, -0.1) is 0 Å². The Bertz CT molecular complexity index is 891. The molecule has 1 amide bonds. The summed E-state index contributed by atoms with van der Waals surface area (Å²) in [6.07, 6.45) is 2.69. The molecule has 0 radical (unpaired) electrons. The molecule has 1 unspecified atom stereocenters. The number of nitrogens with zero attached hydrogens (tertiary/aromatic N) is 4. The fraction of sp³-hybridized carbons (Fsp3) is 0.316. The molecule has 0 saturated carbocycles. The number of hydrogen-bond donors (Lipinski definition) is 0. The lowest BCUT2D eigenvalue weighted by atomic mass is 10.2. The molecule has 1 atom stereocenters. The molecule has 1 aromatic carbocycles. The van der Waals surface area contributed by atoms with Crippen LogP contribution in [-0.4, -0.2) is 45.0 Å². The molecular formula is C19H20N4O2. The number of imidazole rings is 1. The number of aromatic nitrogens is 3. The number of carbonyl (C=O) groups excluding carboxylic acids is 1. The van der Waals surface area contributed by atoms with Crippen molar-refractivity contribution < 1.29 is 9.53 Å². The van der Waals surface area contributed by atoms with Crippen LogP contribution in [0.1, 0.15) is 18.3 Å². The van der Waals surface area contributed by atoms with Gasteiger partial charge < -0.3 is 14.2 Å². The second-order valence-corrected chi connectivity index (χ2v) is 6.26. The molecule has 6 nitrogen and oxygen atoms in total. The smallest absolute Gasteiger partial charge is 0.260 e. The Kier molecular flexibility index (Phi) is 4.09. The second-order valence-electron chi connectivity index (χ2n) is 6.26. The number of benzene rings is 1. The molecule has 25 heavy (non-hydrogen) atoms. The summed E-state index contributed by atoms with van der Waals surface area (Å²) in [6, 6.07) is 13.5. The molecule has 1 aliphatic heterocycles. The van der Waals surface area contributed by atoms with E-state index in [-0.39, 0.29) is 18.6 Å². The number of aryl methyl sites for hydroxylation is 1. The minimum Gasteiger partial charge on any atom is -0.484 e. The number of carbonyl (C=O) groups is 1. The SMILES string of the molecule is Cc1nc2cccnc2n1C1CCN(C(=O)COc2ccccc2)C1. The molecular weight excluding hydrogens is 316 g/mol. The summed E-state index contributed by atoms with van der Waals surface area (Å²) in [5.74, 6) is 1.67. The molecule has 1 fully saturated rings. The zero-order valence-electron chi connectivity index (χ0n) is 14.1. The highest BCUT2D eigenvalue weighted by Gasteiger charge is 2.29. The number of rotatable bonds is 4. The average molecular weight is 336 g/mol. The van der Waals surface area contributed by atoms with Gasteiger partial charge in [-0.05, 0) is 37.6 Å². The van der Waals surface area contributed by atoms with Crippen molar-refractivity contribution in [1.29, 1.82) is 0 Å². The monoisotopic (exact) mass is 336 g/mol. The van der Waals surface area contributed by atoms with Gasteiger partial charge in [-0.25, -0.2) is 9.97 Å². The van der Waals surface area contributed by atoms with Gasteiger partial charge in [0, 0.05) is 19.3 Å². The Balaban J connectivity index is 1.44. The average Bonchev–Trinajstić information content (AvgIpc) is 3.24. The third-order valence-electron chi connectivity index (χ3n) is 4.61. The fourth-order valence-electron chi connectivity index (χ4n) is 3.41. The Morgan fingerprint density at radius 1 is 1.24 bits per heavy atom. The summed E-state index contributed by atoms with van der Waals surface area (Å²) in [5, 5.41) is 0. The molecule has 128 valence electrons. The lowest BCUT2D eigenvalue weighted by Gasteiger charge is -2.18. The second kappa shape index (κ2) is 6.55. The molecule has 2 aromatic heterocycles. The number of amides is 1. The van der Waals surface area contributed by atoms with E-state index in [1.807, 2.05) is 54.3 Å². The van der Waals surface area contributed by atoms with Gasteiger partial charge in [-0.1, -0.05) is 18.2 Å². The molecule has 0 spiro atoms. The van der Waals surface area contributed by atoms with E-state index in [4.69, 9.17) is 4.74 Å². The molecule has 3 aromatic rings. The highest BCUT2D eigenvalue weighted by atomic mass is 16.5. The molecule has 6 heteroatoms. The van der Waals surface area contributed by atoms with Crippen LogP contribution >= 0.6 is 0 Å². The number of ether oxygens (including phenoxy) is 1. The van der Waals surface area contributed by atoms with Crippen molar-refractivity contribution in [2.75, 3.05) is 19.7 Å². The van der Waals surface area contributed by atoms with Crippen molar-refractivity contribution in [1.82, 2.24) is 19.4 Å². The minimum atomic E-state index is 0.0152. The van der Waals surface area contributed by atoms with Crippen molar-refractivity contribution in [3.63, 3.8) is 0 Å². The lowest BCUT2D eigenvalue weighted by molar-refractivity contribution is -0.132. The number of para-hydroxylation sites is 1. The zero-order chi connectivity index (χ0) is 17.2. The van der Waals surface area contributed by atoms with Gasteiger partial charge in [0.05, 0.1) is 6.04 Å². The van der Waals surface area contributed by atoms with Crippen LogP contribution in [-0.2, 0) is 4.79 Å². The summed E-state index contributed by atoms with van der Waals surface area (Å²) in [5.41, 5.74) is 1.79. The van der Waals surface area contributed by atoms with Gasteiger partial charge >= 0.3 is 0 Å². The first-order chi connectivity index (χ1) is 12.2. The van der Waals surface area contributed by atoms with Gasteiger partial charge in [-0.2, -0.15) is 0 Å². The summed E-state index contributed by atoms with van der Waals surface area (Å²) in [6.45, 7) is 3.46. The molecule has 0 N–H and O–H groups in total. The first-order valence-electron chi connectivity index (χ1n) is 8.47. The van der Waals surface area contributed by atoms with Crippen molar-refractivity contribution in [3.05, 3.63) is 54.5 Å². The Labute approximate surface area is 146 Å². The third kappa shape index (κ3) is 3.07. The maximum Gasteiger partial charge on any atom is 0.260 e. The van der Waals surface area contributed by atoms with E-state index in [0.29, 0.717) is 12.3 Å². The molecule has 1 aliphatic rings. The quantitative estimate of drug-likeness (QED) is 0.735. The van der Waals surface area contributed by atoms with E-state index in [9.17, 15) is 4.79 Å². The molecule has 0 aliphatic carbocycles. The van der Waals surface area contributed by atoms with Gasteiger partial charge in [0.1, 0.15) is 17.1 Å². The van der Waals surface area contributed by atoms with Crippen LogP contribution < -0.4 is 4.74 Å². The van der Waals surface area contributed by atoms with Crippen LogP contribution in [0, 0.1) is 6.92 Å². The number of fused-ring (bicyclic) bond motifs is 1. The van der Waals surface area contributed by atoms with E-state index >= 15 is 0 Å². The number of likely N-dealkylation sites (tertiary alicyclic amines) is 1. The van der Waals surface area contributed by atoms with Gasteiger partial charge in [0.2, 0.25) is 0 Å². The van der Waals surface area contributed by atoms with Gasteiger partial charge in [-0.3, -0.25) is 4.79 Å². The predicted molar refractivity (Wildman–Crippen MR) is 94.4 cm³/mol. The summed E-state index contributed by atoms with van der Waals surface area (Å²) in [4.78, 5) is 23.3. The normalized spacial score (nSPS) is 17.2. The van der Waals surface area contributed by atoms with Crippen LogP contribution in [0.15, 0.2) is 48.7 Å². The minimum absolute atomic E-state index is 0.0152. The number of hydrogen-bond acceptors (Lipinski definition) is 4. The Morgan fingerprint density at radius 3 is 2.92 bits per heavy atom. The predicted octanol–water partition coefficient (Wildman–Crippen LogP) is 2.59. The fourth-order valence-corrected chi connectivity index (χ4v) is 3.41. The summed E-state index contributed by atoms with van der Waals surface area (Å²) < 4.78 is 7.73. The van der Waals surface area contributed by atoms with E-state index in [1.54, 1.807) is 6.20 Å². The van der Waals surface area contributed by atoms with E-state index < -0.39 is 0 Å². The number of pyridine rings is 1. The topological polar surface area (TPSA) is 60.2 Å². The molecule has 3 heterocycles. The lowest BCUT2D eigenvalue weighted by Crippen LogP contribution is -2.33.